The molecular weight excluding hydrogens is 501 g/mol. The Hall–Kier alpha value is -3.20. The van der Waals surface area contributed by atoms with Gasteiger partial charge in [-0.05, 0) is 75.6 Å². The van der Waals surface area contributed by atoms with E-state index in [1.54, 1.807) is 17.9 Å². The van der Waals surface area contributed by atoms with E-state index < -0.39 is 10.7 Å². The fourth-order valence-electron chi connectivity index (χ4n) is 5.36. The fraction of sp³-hybridized carbons (Fsp3) is 0.481. The molecule has 37 heavy (non-hydrogen) atoms. The molecule has 5 rings (SSSR count). The van der Waals surface area contributed by atoms with E-state index in [9.17, 15) is 24.1 Å². The lowest BCUT2D eigenvalue weighted by molar-refractivity contribution is -0.385. The zero-order chi connectivity index (χ0) is 26.3. The topological polar surface area (TPSA) is 102 Å². The van der Waals surface area contributed by atoms with Gasteiger partial charge >= 0.3 is 0 Å². The maximum Gasteiger partial charge on any atom is 0.274 e. The first-order chi connectivity index (χ1) is 17.6. The molecule has 2 amide bonds. The molecule has 2 aromatic rings. The van der Waals surface area contributed by atoms with E-state index in [4.69, 9.17) is 16.3 Å². The average Bonchev–Trinajstić information content (AvgIpc) is 3.67. The Bertz CT molecular complexity index is 1250. The van der Waals surface area contributed by atoms with E-state index in [0.717, 1.165) is 38.5 Å². The molecule has 196 valence electrons. The number of amides is 2. The monoisotopic (exact) mass is 529 g/mol. The summed E-state index contributed by atoms with van der Waals surface area (Å²) in [5.41, 5.74) is 0.657. The van der Waals surface area contributed by atoms with Gasteiger partial charge in [0.05, 0.1) is 17.1 Å². The number of hydrogen-bond acceptors (Lipinski definition) is 5. The highest BCUT2D eigenvalue weighted by molar-refractivity contribution is 6.31. The Kier molecular flexibility index (Phi) is 6.83. The first kappa shape index (κ1) is 25.4. The molecule has 1 spiro atoms. The number of benzene rings is 2. The highest BCUT2D eigenvalue weighted by atomic mass is 35.5. The number of nitro groups is 1. The number of carbonyl (C=O) groups excluding carboxylic acids is 2. The van der Waals surface area contributed by atoms with Crippen LogP contribution in [-0.2, 0) is 0 Å². The molecule has 2 saturated carbocycles. The van der Waals surface area contributed by atoms with Gasteiger partial charge in [-0.1, -0.05) is 11.6 Å². The van der Waals surface area contributed by atoms with Crippen molar-refractivity contribution in [3.8, 4) is 5.75 Å². The molecule has 3 fully saturated rings. The van der Waals surface area contributed by atoms with E-state index in [1.807, 2.05) is 0 Å². The number of nitrogens with one attached hydrogen (secondary N) is 1. The number of ether oxygens (including phenoxy) is 1. The summed E-state index contributed by atoms with van der Waals surface area (Å²) in [5.74, 6) is -0.405. The number of nitro benzene ring substituents is 1. The van der Waals surface area contributed by atoms with Gasteiger partial charge < -0.3 is 15.0 Å². The Morgan fingerprint density at radius 1 is 1.19 bits per heavy atom. The molecule has 1 heterocycles. The molecule has 0 radical (unpaired) electrons. The summed E-state index contributed by atoms with van der Waals surface area (Å²) in [5, 5.41) is 14.5. The van der Waals surface area contributed by atoms with Gasteiger partial charge in [0.1, 0.15) is 0 Å². The molecule has 2 aromatic carbocycles. The molecule has 0 bridgehead atoms. The van der Waals surface area contributed by atoms with Crippen molar-refractivity contribution < 1.29 is 23.6 Å². The minimum absolute atomic E-state index is 0.0120. The van der Waals surface area contributed by atoms with Gasteiger partial charge in [0.15, 0.2) is 11.6 Å². The van der Waals surface area contributed by atoms with Crippen LogP contribution in [0.3, 0.4) is 0 Å². The maximum atomic E-state index is 14.4. The Labute approximate surface area is 219 Å². The molecule has 8 nitrogen and oxygen atoms in total. The largest absolute Gasteiger partial charge is 0.490 e. The summed E-state index contributed by atoms with van der Waals surface area (Å²) in [4.78, 5) is 38.2. The Balaban J connectivity index is 1.13. The minimum Gasteiger partial charge on any atom is -0.490 e. The van der Waals surface area contributed by atoms with Crippen molar-refractivity contribution in [2.75, 3.05) is 19.7 Å². The van der Waals surface area contributed by atoms with E-state index in [1.165, 1.54) is 24.3 Å². The standard InChI is InChI=1S/C27H29ClFN3O5/c1-16-21(11-19(28)12-23(16)32(35)36)26(34)31-14-27(15-31)8-6-20(7-9-27)30-25(33)18-4-5-24(22(29)10-18)37-13-17-2-3-17/h4-5,10-12,17,20H,2-3,6-9,13-15H2,1H3,(H,30,33). The molecule has 0 unspecified atom stereocenters. The van der Waals surface area contributed by atoms with Crippen LogP contribution in [-0.4, -0.2) is 47.4 Å². The number of rotatable bonds is 7. The third-order valence-corrected chi connectivity index (χ3v) is 8.08. The SMILES string of the molecule is Cc1c(C(=O)N2CC3(CCC(NC(=O)c4ccc(OCC5CC5)c(F)c4)CC3)C2)cc(Cl)cc1[N+](=O)[O-]. The number of likely N-dealkylation sites (tertiary alicyclic amines) is 1. The number of hydrogen-bond donors (Lipinski definition) is 1. The molecule has 0 atom stereocenters. The highest BCUT2D eigenvalue weighted by Crippen LogP contribution is 2.45. The zero-order valence-corrected chi connectivity index (χ0v) is 21.4. The van der Waals surface area contributed by atoms with Gasteiger partial charge in [0, 0.05) is 46.8 Å². The summed E-state index contributed by atoms with van der Waals surface area (Å²) in [6.07, 6.45) is 5.45. The van der Waals surface area contributed by atoms with Gasteiger partial charge in [-0.15, -0.1) is 0 Å². The molecular formula is C27H29ClFN3O5. The zero-order valence-electron chi connectivity index (χ0n) is 20.6. The average molecular weight is 530 g/mol. The Morgan fingerprint density at radius 3 is 2.51 bits per heavy atom. The van der Waals surface area contributed by atoms with E-state index in [0.29, 0.717) is 31.2 Å². The van der Waals surface area contributed by atoms with Crippen LogP contribution < -0.4 is 10.1 Å². The number of halogens is 2. The van der Waals surface area contributed by atoms with Gasteiger partial charge in [0.2, 0.25) is 0 Å². The van der Waals surface area contributed by atoms with E-state index >= 15 is 0 Å². The highest BCUT2D eigenvalue weighted by Gasteiger charge is 2.47. The van der Waals surface area contributed by atoms with Crippen molar-refractivity contribution in [1.29, 1.82) is 0 Å². The van der Waals surface area contributed by atoms with Gasteiger partial charge in [-0.3, -0.25) is 19.7 Å². The first-order valence-electron chi connectivity index (χ1n) is 12.6. The molecule has 10 heteroatoms. The number of nitrogens with zero attached hydrogens (tertiary/aromatic N) is 2. The van der Waals surface area contributed by atoms with Crippen molar-refractivity contribution in [1.82, 2.24) is 10.2 Å². The predicted octanol–water partition coefficient (Wildman–Crippen LogP) is 5.30. The first-order valence-corrected chi connectivity index (χ1v) is 13.0. The molecule has 3 aliphatic rings. The van der Waals surface area contributed by atoms with E-state index in [2.05, 4.69) is 5.32 Å². The van der Waals surface area contributed by atoms with Crippen molar-refractivity contribution >= 4 is 29.1 Å². The van der Waals surface area contributed by atoms with E-state index in [-0.39, 0.29) is 50.9 Å². The summed E-state index contributed by atoms with van der Waals surface area (Å²) in [6, 6.07) is 7.04. The van der Waals surface area contributed by atoms with Crippen molar-refractivity contribution in [2.24, 2.45) is 11.3 Å². The maximum absolute atomic E-state index is 14.4. The molecule has 2 aliphatic carbocycles. The van der Waals surface area contributed by atoms with Crippen LogP contribution in [0.5, 0.6) is 5.75 Å². The second-order valence-electron chi connectivity index (χ2n) is 10.7. The van der Waals surface area contributed by atoms with Crippen LogP contribution in [0.4, 0.5) is 10.1 Å². The van der Waals surface area contributed by atoms with Crippen LogP contribution in [0, 0.1) is 34.2 Å². The van der Waals surface area contributed by atoms with Crippen LogP contribution in [0.2, 0.25) is 5.02 Å². The fourth-order valence-corrected chi connectivity index (χ4v) is 5.58. The van der Waals surface area contributed by atoms with Gasteiger partial charge in [-0.25, -0.2) is 4.39 Å². The molecule has 0 aromatic heterocycles. The van der Waals surface area contributed by atoms with Crippen LogP contribution in [0.25, 0.3) is 0 Å². The van der Waals surface area contributed by atoms with Crippen molar-refractivity contribution in [3.05, 3.63) is 68.0 Å². The van der Waals surface area contributed by atoms with Crippen molar-refractivity contribution in [3.63, 3.8) is 0 Å². The smallest absolute Gasteiger partial charge is 0.274 e. The minimum atomic E-state index is -0.532. The summed E-state index contributed by atoms with van der Waals surface area (Å²) >= 11 is 6.03. The van der Waals surface area contributed by atoms with Crippen molar-refractivity contribution in [2.45, 2.75) is 51.5 Å². The second kappa shape index (κ2) is 9.93. The van der Waals surface area contributed by atoms with Crippen LogP contribution >= 0.6 is 11.6 Å². The quantitative estimate of drug-likeness (QED) is 0.387. The molecule has 1 N–H and O–H groups in total. The molecule has 1 saturated heterocycles. The van der Waals surface area contributed by atoms with Gasteiger partial charge in [0.25, 0.3) is 17.5 Å². The third-order valence-electron chi connectivity index (χ3n) is 7.86. The number of carbonyl (C=O) groups is 2. The lowest BCUT2D eigenvalue weighted by Crippen LogP contribution is -2.60. The van der Waals surface area contributed by atoms with Crippen LogP contribution in [0.1, 0.15) is 64.8 Å². The normalized spacial score (nSPS) is 18.8. The second-order valence-corrected chi connectivity index (χ2v) is 11.1. The summed E-state index contributed by atoms with van der Waals surface area (Å²) < 4.78 is 19.9. The molecule has 1 aliphatic heterocycles. The predicted molar refractivity (Wildman–Crippen MR) is 136 cm³/mol. The Morgan fingerprint density at radius 2 is 1.89 bits per heavy atom. The summed E-state index contributed by atoms with van der Waals surface area (Å²) in [7, 11) is 0. The lowest BCUT2D eigenvalue weighted by Gasteiger charge is -2.53. The van der Waals surface area contributed by atoms with Crippen LogP contribution in [0.15, 0.2) is 30.3 Å². The third kappa shape index (κ3) is 5.42. The lowest BCUT2D eigenvalue weighted by atomic mass is 9.67. The van der Waals surface area contributed by atoms with Gasteiger partial charge in [-0.2, -0.15) is 0 Å². The summed E-state index contributed by atoms with van der Waals surface area (Å²) in [6.45, 7) is 3.21.